The summed E-state index contributed by atoms with van der Waals surface area (Å²) in [5, 5.41) is 14.2. The van der Waals surface area contributed by atoms with Crippen molar-refractivity contribution in [1.82, 2.24) is 19.9 Å². The molecule has 27 heavy (non-hydrogen) atoms. The fraction of sp³-hybridized carbons (Fsp3) is 0.300. The molecule has 0 aliphatic heterocycles. The molecule has 0 fully saturated rings. The van der Waals surface area contributed by atoms with Crippen molar-refractivity contribution >= 4 is 32.8 Å². The van der Waals surface area contributed by atoms with Crippen molar-refractivity contribution in [3.8, 4) is 0 Å². The van der Waals surface area contributed by atoms with Gasteiger partial charge in [0.25, 0.3) is 0 Å². The van der Waals surface area contributed by atoms with Gasteiger partial charge in [-0.25, -0.2) is 19.9 Å². The molecule has 1 aliphatic carbocycles. The maximum absolute atomic E-state index is 10.7. The van der Waals surface area contributed by atoms with Crippen LogP contribution in [-0.2, 0) is 26.0 Å². The molecule has 0 saturated carbocycles. The monoisotopic (exact) mass is 359 g/mol. The molecule has 1 aliphatic rings. The van der Waals surface area contributed by atoms with Gasteiger partial charge in [0.05, 0.1) is 51.4 Å². The maximum atomic E-state index is 10.7. The number of pyridine rings is 2. The van der Waals surface area contributed by atoms with Gasteiger partial charge in [-0.1, -0.05) is 5.18 Å². The predicted molar refractivity (Wildman–Crippen MR) is 102 cm³/mol. The molecule has 1 aromatic carbocycles. The molecule has 0 atom stereocenters. The Labute approximate surface area is 154 Å². The minimum Gasteiger partial charge on any atom is -0.390 e. The highest BCUT2D eigenvalue weighted by Crippen LogP contribution is 2.33. The first kappa shape index (κ1) is 16.1. The van der Waals surface area contributed by atoms with Crippen LogP contribution in [0.15, 0.2) is 29.4 Å². The minimum absolute atomic E-state index is 0.00499. The van der Waals surface area contributed by atoms with Gasteiger partial charge in [-0.05, 0) is 49.9 Å². The van der Waals surface area contributed by atoms with Crippen LogP contribution >= 0.6 is 0 Å². The fourth-order valence-electron chi connectivity index (χ4n) is 3.85. The number of benzene rings is 1. The van der Waals surface area contributed by atoms with E-state index in [0.717, 1.165) is 58.9 Å². The molecule has 0 radical (unpaired) electrons. The van der Waals surface area contributed by atoms with E-state index < -0.39 is 0 Å². The third kappa shape index (κ3) is 2.54. The lowest BCUT2D eigenvalue weighted by Gasteiger charge is -2.16. The summed E-state index contributed by atoms with van der Waals surface area (Å²) < 4.78 is 0. The zero-order chi connectivity index (χ0) is 18.4. The van der Waals surface area contributed by atoms with E-state index in [1.165, 1.54) is 0 Å². The smallest absolute Gasteiger partial charge is 0.123 e. The number of nitroso groups, excluding NO2 is 1. The molecule has 7 nitrogen and oxygen atoms in total. The van der Waals surface area contributed by atoms with Crippen LogP contribution in [0.25, 0.3) is 32.8 Å². The Morgan fingerprint density at radius 2 is 1.30 bits per heavy atom. The maximum Gasteiger partial charge on any atom is 0.123 e. The molecular formula is C20H17N5O2. The average molecular weight is 359 g/mol. The predicted octanol–water partition coefficient (Wildman–Crippen LogP) is 3.36. The van der Waals surface area contributed by atoms with Crippen molar-refractivity contribution in [2.45, 2.75) is 38.8 Å². The molecule has 7 heteroatoms. The van der Waals surface area contributed by atoms with E-state index in [0.29, 0.717) is 22.4 Å². The van der Waals surface area contributed by atoms with Crippen LogP contribution in [0.4, 0.5) is 0 Å². The first-order chi connectivity index (χ1) is 13.3. The lowest BCUT2D eigenvalue weighted by Crippen LogP contribution is -2.09. The van der Waals surface area contributed by atoms with Crippen LogP contribution in [-0.4, -0.2) is 25.0 Å². The molecule has 3 aromatic heterocycles. The van der Waals surface area contributed by atoms with Gasteiger partial charge in [0.2, 0.25) is 0 Å². The molecule has 0 amide bonds. The molecule has 1 N–H and O–H groups in total. The van der Waals surface area contributed by atoms with E-state index in [-0.39, 0.29) is 13.2 Å². The highest BCUT2D eigenvalue weighted by molar-refractivity contribution is 6.20. The standard InChI is InChI=1S/C20H17N5O2/c26-10-12-6-8-14-18(23-12)17-13(7-5-11(22-17)9-21-27)19-20(14)25-16-4-2-1-3-15(16)24-19/h5-8,26H,1-4,9-10H2. The largest absolute Gasteiger partial charge is 0.390 e. The normalized spacial score (nSPS) is 14.0. The summed E-state index contributed by atoms with van der Waals surface area (Å²) in [4.78, 5) is 29.8. The number of aliphatic hydroxyl groups excluding tert-OH is 1. The van der Waals surface area contributed by atoms with Crippen molar-refractivity contribution in [3.05, 3.63) is 51.9 Å². The number of hydrogen-bond acceptors (Lipinski definition) is 7. The van der Waals surface area contributed by atoms with Crippen molar-refractivity contribution in [2.75, 3.05) is 0 Å². The van der Waals surface area contributed by atoms with Crippen LogP contribution < -0.4 is 0 Å². The average Bonchev–Trinajstić information content (AvgIpc) is 2.72. The molecule has 5 rings (SSSR count). The van der Waals surface area contributed by atoms with Gasteiger partial charge < -0.3 is 5.11 Å². The minimum atomic E-state index is -0.152. The highest BCUT2D eigenvalue weighted by atomic mass is 16.3. The number of fused-ring (bicyclic) bond motifs is 7. The van der Waals surface area contributed by atoms with Crippen LogP contribution in [0.3, 0.4) is 0 Å². The molecule has 0 bridgehead atoms. The summed E-state index contributed by atoms with van der Waals surface area (Å²) in [6, 6.07) is 7.44. The topological polar surface area (TPSA) is 101 Å². The van der Waals surface area contributed by atoms with E-state index in [1.807, 2.05) is 12.1 Å². The molecule has 3 heterocycles. The second-order valence-corrected chi connectivity index (χ2v) is 6.86. The molecule has 4 aromatic rings. The van der Waals surface area contributed by atoms with Crippen molar-refractivity contribution < 1.29 is 5.11 Å². The number of nitrogens with zero attached hydrogens (tertiary/aromatic N) is 5. The summed E-state index contributed by atoms with van der Waals surface area (Å²) >= 11 is 0. The third-order valence-corrected chi connectivity index (χ3v) is 5.16. The van der Waals surface area contributed by atoms with E-state index in [4.69, 9.17) is 9.97 Å². The van der Waals surface area contributed by atoms with Gasteiger partial charge in [0, 0.05) is 10.8 Å². The van der Waals surface area contributed by atoms with Crippen LogP contribution in [0, 0.1) is 4.91 Å². The van der Waals surface area contributed by atoms with E-state index in [9.17, 15) is 10.0 Å². The fourth-order valence-corrected chi connectivity index (χ4v) is 3.85. The van der Waals surface area contributed by atoms with Crippen LogP contribution in [0.1, 0.15) is 35.6 Å². The Bertz CT molecular complexity index is 1220. The summed E-state index contributed by atoms with van der Waals surface area (Å²) in [6.07, 6.45) is 4.16. The second-order valence-electron chi connectivity index (χ2n) is 6.86. The Balaban J connectivity index is 1.95. The summed E-state index contributed by atoms with van der Waals surface area (Å²) in [6.45, 7) is -0.147. The Hall–Kier alpha value is -3.06. The van der Waals surface area contributed by atoms with Gasteiger partial charge in [-0.15, -0.1) is 0 Å². The zero-order valence-corrected chi connectivity index (χ0v) is 14.6. The van der Waals surface area contributed by atoms with Gasteiger partial charge >= 0.3 is 0 Å². The summed E-state index contributed by atoms with van der Waals surface area (Å²) in [5.74, 6) is 0. The quantitative estimate of drug-likeness (QED) is 0.444. The van der Waals surface area contributed by atoms with E-state index >= 15 is 0 Å². The molecule has 0 unspecified atom stereocenters. The summed E-state index contributed by atoms with van der Waals surface area (Å²) in [5.41, 5.74) is 6.24. The lowest BCUT2D eigenvalue weighted by molar-refractivity contribution is 0.277. The van der Waals surface area contributed by atoms with Crippen LogP contribution in [0.5, 0.6) is 0 Å². The summed E-state index contributed by atoms with van der Waals surface area (Å²) in [7, 11) is 0. The first-order valence-corrected chi connectivity index (χ1v) is 9.09. The molecule has 0 saturated heterocycles. The van der Waals surface area contributed by atoms with Gasteiger partial charge in [-0.3, -0.25) is 0 Å². The van der Waals surface area contributed by atoms with Crippen LogP contribution in [0.2, 0.25) is 0 Å². The second kappa shape index (κ2) is 6.28. The van der Waals surface area contributed by atoms with E-state index in [1.54, 1.807) is 12.1 Å². The highest BCUT2D eigenvalue weighted by Gasteiger charge is 2.19. The Morgan fingerprint density at radius 1 is 0.778 bits per heavy atom. The molecular weight excluding hydrogens is 342 g/mol. The van der Waals surface area contributed by atoms with Crippen molar-refractivity contribution in [1.29, 1.82) is 0 Å². The van der Waals surface area contributed by atoms with Crippen molar-refractivity contribution in [3.63, 3.8) is 0 Å². The third-order valence-electron chi connectivity index (χ3n) is 5.16. The van der Waals surface area contributed by atoms with Crippen molar-refractivity contribution in [2.24, 2.45) is 5.18 Å². The van der Waals surface area contributed by atoms with Gasteiger partial charge in [0.1, 0.15) is 6.54 Å². The van der Waals surface area contributed by atoms with Gasteiger partial charge in [-0.2, -0.15) is 4.91 Å². The first-order valence-electron chi connectivity index (χ1n) is 9.09. The number of rotatable bonds is 3. The van der Waals surface area contributed by atoms with E-state index in [2.05, 4.69) is 15.1 Å². The number of aromatic nitrogens is 4. The zero-order valence-electron chi connectivity index (χ0n) is 14.6. The number of hydrogen-bond donors (Lipinski definition) is 1. The molecule has 134 valence electrons. The molecule has 0 spiro atoms. The Kier molecular flexibility index (Phi) is 3.75. The SMILES string of the molecule is O=NCc1ccc2c(n1)c1nc(CO)ccc1c1nc3c(nc21)CCCC3. The Morgan fingerprint density at radius 3 is 1.85 bits per heavy atom. The number of aliphatic hydroxyl groups is 1. The number of aryl methyl sites for hydroxylation is 2. The van der Waals surface area contributed by atoms with Gasteiger partial charge in [0.15, 0.2) is 0 Å². The lowest BCUT2D eigenvalue weighted by atomic mass is 9.99.